The second kappa shape index (κ2) is 7.76. The van der Waals surface area contributed by atoms with E-state index in [0.717, 1.165) is 0 Å². The quantitative estimate of drug-likeness (QED) is 0.588. The van der Waals surface area contributed by atoms with Gasteiger partial charge in [-0.3, -0.25) is 0 Å². The molecule has 1 aromatic carbocycles. The van der Waals surface area contributed by atoms with Gasteiger partial charge < -0.3 is 4.90 Å². The second-order valence-corrected chi connectivity index (χ2v) is 5.25. The molecule has 1 nitrogen and oxygen atoms in total. The molecule has 1 aliphatic carbocycles. The fourth-order valence-corrected chi connectivity index (χ4v) is 2.07. The van der Waals surface area contributed by atoms with Gasteiger partial charge in [0.15, 0.2) is 0 Å². The molecular weight excluding hydrogens is 265 g/mol. The SMILES string of the molecule is CN(C)c1ccccc1CCl.[Ti][C]1=CC=CC1. The van der Waals surface area contributed by atoms with Crippen molar-refractivity contribution in [3.05, 3.63) is 51.9 Å². The molecule has 1 aliphatic rings. The van der Waals surface area contributed by atoms with Crippen LogP contribution in [0, 0.1) is 0 Å². The van der Waals surface area contributed by atoms with E-state index < -0.39 is 0 Å². The first-order valence-corrected chi connectivity index (χ1v) is 6.85. The molecule has 2 rings (SSSR count). The Bertz CT molecular complexity index is 410. The van der Waals surface area contributed by atoms with E-state index in [-0.39, 0.29) is 0 Å². The molecule has 0 aliphatic heterocycles. The summed E-state index contributed by atoms with van der Waals surface area (Å²) < 4.78 is 1.47. The zero-order valence-electron chi connectivity index (χ0n) is 10.3. The van der Waals surface area contributed by atoms with E-state index in [4.69, 9.17) is 11.6 Å². The Morgan fingerprint density at radius 3 is 2.35 bits per heavy atom. The number of para-hydroxylation sites is 1. The molecule has 0 saturated heterocycles. The van der Waals surface area contributed by atoms with Gasteiger partial charge in [0.25, 0.3) is 0 Å². The van der Waals surface area contributed by atoms with Gasteiger partial charge in [0, 0.05) is 25.7 Å². The van der Waals surface area contributed by atoms with Crippen molar-refractivity contribution < 1.29 is 20.4 Å². The molecule has 0 heterocycles. The molecule has 0 fully saturated rings. The molecule has 3 heteroatoms. The van der Waals surface area contributed by atoms with Crippen LogP contribution in [0.4, 0.5) is 5.69 Å². The number of halogens is 1. The molecule has 0 aromatic heterocycles. The first-order chi connectivity index (χ1) is 8.15. The van der Waals surface area contributed by atoms with Gasteiger partial charge in [-0.2, -0.15) is 0 Å². The monoisotopic (exact) mass is 282 g/mol. The van der Waals surface area contributed by atoms with E-state index in [1.165, 1.54) is 21.5 Å². The van der Waals surface area contributed by atoms with Crippen LogP contribution in [-0.2, 0) is 26.3 Å². The van der Waals surface area contributed by atoms with Crippen molar-refractivity contribution in [3.8, 4) is 0 Å². The Morgan fingerprint density at radius 2 is 2.00 bits per heavy atom. The molecule has 0 saturated carbocycles. The first kappa shape index (κ1) is 14.6. The topological polar surface area (TPSA) is 3.24 Å². The number of hydrogen-bond donors (Lipinski definition) is 0. The van der Waals surface area contributed by atoms with Gasteiger partial charge in [-0.1, -0.05) is 18.2 Å². The van der Waals surface area contributed by atoms with Crippen LogP contribution in [0.25, 0.3) is 0 Å². The van der Waals surface area contributed by atoms with Crippen molar-refractivity contribution in [1.82, 2.24) is 0 Å². The molecule has 0 N–H and O–H groups in total. The van der Waals surface area contributed by atoms with Crippen LogP contribution >= 0.6 is 11.6 Å². The van der Waals surface area contributed by atoms with Crippen LogP contribution in [-0.4, -0.2) is 14.1 Å². The minimum atomic E-state index is 0.578. The summed E-state index contributed by atoms with van der Waals surface area (Å²) in [7, 11) is 4.04. The van der Waals surface area contributed by atoms with Gasteiger partial charge in [0.2, 0.25) is 0 Å². The van der Waals surface area contributed by atoms with Gasteiger partial charge >= 0.3 is 49.0 Å². The summed E-state index contributed by atoms with van der Waals surface area (Å²) in [5, 5.41) is 0. The Morgan fingerprint density at radius 1 is 1.29 bits per heavy atom. The summed E-state index contributed by atoms with van der Waals surface area (Å²) in [6, 6.07) is 8.14. The predicted octanol–water partition coefficient (Wildman–Crippen LogP) is 3.87. The number of alkyl halides is 1. The van der Waals surface area contributed by atoms with E-state index in [2.05, 4.69) is 49.6 Å². The Kier molecular flexibility index (Phi) is 6.65. The summed E-state index contributed by atoms with van der Waals surface area (Å²) in [4.78, 5) is 2.07. The predicted molar refractivity (Wildman–Crippen MR) is 72.2 cm³/mol. The van der Waals surface area contributed by atoms with Crippen LogP contribution in [0.1, 0.15) is 12.0 Å². The Balaban J connectivity index is 0.000000202. The van der Waals surface area contributed by atoms with Crippen molar-refractivity contribution in [2.24, 2.45) is 0 Å². The van der Waals surface area contributed by atoms with Crippen LogP contribution < -0.4 is 4.90 Å². The second-order valence-electron chi connectivity index (χ2n) is 3.98. The molecule has 0 spiro atoms. The number of allylic oxidation sites excluding steroid dienone is 4. The van der Waals surface area contributed by atoms with Crippen LogP contribution in [0.3, 0.4) is 0 Å². The summed E-state index contributed by atoms with van der Waals surface area (Å²) in [6.45, 7) is 0. The molecule has 0 unspecified atom stereocenters. The fraction of sp³-hybridized carbons (Fsp3) is 0.286. The van der Waals surface area contributed by atoms with E-state index in [0.29, 0.717) is 5.88 Å². The molecule has 0 amide bonds. The molecule has 0 atom stereocenters. The van der Waals surface area contributed by atoms with Gasteiger partial charge in [-0.05, 0) is 11.6 Å². The van der Waals surface area contributed by atoms with Crippen molar-refractivity contribution in [3.63, 3.8) is 0 Å². The molecule has 17 heavy (non-hydrogen) atoms. The molecule has 1 aromatic rings. The number of anilines is 1. The summed E-state index contributed by atoms with van der Waals surface area (Å²) in [5.41, 5.74) is 2.38. The molecule has 0 bridgehead atoms. The van der Waals surface area contributed by atoms with Crippen molar-refractivity contribution in [2.75, 3.05) is 19.0 Å². The standard InChI is InChI=1S/C9H12ClN.C5H5.Ti/c1-11(2)9-6-4-3-5-8(9)7-10;1-2-4-5-3-1;/h3-6H,7H2,1-2H3;1-3H,4H2;. The zero-order valence-corrected chi connectivity index (χ0v) is 12.6. The summed E-state index contributed by atoms with van der Waals surface area (Å²) in [5.74, 6) is 0.578. The third kappa shape index (κ3) is 5.12. The van der Waals surface area contributed by atoms with Crippen molar-refractivity contribution >= 4 is 17.3 Å². The van der Waals surface area contributed by atoms with Gasteiger partial charge in [-0.15, -0.1) is 11.6 Å². The first-order valence-electron chi connectivity index (χ1n) is 5.53. The van der Waals surface area contributed by atoms with Gasteiger partial charge in [-0.25, -0.2) is 0 Å². The minimum absolute atomic E-state index is 0.578. The van der Waals surface area contributed by atoms with Crippen LogP contribution in [0.5, 0.6) is 0 Å². The van der Waals surface area contributed by atoms with E-state index in [1.807, 2.05) is 32.3 Å². The Labute approximate surface area is 121 Å². The van der Waals surface area contributed by atoms with Crippen LogP contribution in [0.15, 0.2) is 46.4 Å². The zero-order chi connectivity index (χ0) is 12.7. The third-order valence-electron chi connectivity index (χ3n) is 2.39. The normalized spacial score (nSPS) is 12.7. The van der Waals surface area contributed by atoms with Gasteiger partial charge in [0.1, 0.15) is 0 Å². The number of hydrogen-bond acceptors (Lipinski definition) is 1. The van der Waals surface area contributed by atoms with Crippen molar-refractivity contribution in [2.45, 2.75) is 12.3 Å². The van der Waals surface area contributed by atoms with Gasteiger partial charge in [0.05, 0.1) is 0 Å². The molecular formula is C14H17ClNTi. The van der Waals surface area contributed by atoms with E-state index in [9.17, 15) is 0 Å². The average molecular weight is 283 g/mol. The van der Waals surface area contributed by atoms with E-state index >= 15 is 0 Å². The van der Waals surface area contributed by atoms with Crippen molar-refractivity contribution in [1.29, 1.82) is 0 Å². The summed E-state index contributed by atoms with van der Waals surface area (Å²) >= 11 is 7.89. The maximum absolute atomic E-state index is 5.75. The average Bonchev–Trinajstić information content (AvgIpc) is 2.81. The number of benzene rings is 1. The number of nitrogens with zero attached hydrogens (tertiary/aromatic N) is 1. The van der Waals surface area contributed by atoms with E-state index in [1.54, 1.807) is 0 Å². The van der Waals surface area contributed by atoms with Crippen LogP contribution in [0.2, 0.25) is 0 Å². The Hall–Kier alpha value is -0.496. The summed E-state index contributed by atoms with van der Waals surface area (Å²) in [6.07, 6.45) is 7.56. The number of rotatable bonds is 2. The molecule has 89 valence electrons. The maximum atomic E-state index is 5.75. The molecule has 0 radical (unpaired) electrons. The fourth-order valence-electron chi connectivity index (χ4n) is 1.51. The third-order valence-corrected chi connectivity index (χ3v) is 3.26.